The molecule has 0 saturated heterocycles. The van der Waals surface area contributed by atoms with Gasteiger partial charge in [-0.3, -0.25) is 4.90 Å². The van der Waals surface area contributed by atoms with Crippen molar-refractivity contribution in [2.75, 3.05) is 13.6 Å². The van der Waals surface area contributed by atoms with Gasteiger partial charge in [-0.2, -0.15) is 0 Å². The molecule has 0 rings (SSSR count). The minimum Gasteiger partial charge on any atom is -0.443 e. The Bertz CT molecular complexity index is 189. The van der Waals surface area contributed by atoms with Crippen molar-refractivity contribution >= 4 is 5.97 Å². The van der Waals surface area contributed by atoms with Crippen molar-refractivity contribution in [3.63, 3.8) is 0 Å². The molecule has 1 unspecified atom stereocenters. The van der Waals surface area contributed by atoms with Crippen molar-refractivity contribution < 1.29 is 9.53 Å². The van der Waals surface area contributed by atoms with Gasteiger partial charge in [-0.25, -0.2) is 4.79 Å². The van der Waals surface area contributed by atoms with Gasteiger partial charge in [-0.15, -0.1) is 0 Å². The van der Waals surface area contributed by atoms with Gasteiger partial charge in [0.1, 0.15) is 0 Å². The number of ether oxygens (including phenoxy) is 1. The van der Waals surface area contributed by atoms with E-state index >= 15 is 0 Å². The first-order valence-electron chi connectivity index (χ1n) is 4.55. The van der Waals surface area contributed by atoms with Gasteiger partial charge in [-0.05, 0) is 27.3 Å². The summed E-state index contributed by atoms with van der Waals surface area (Å²) in [7, 11) is 1.93. The molecule has 3 heteroatoms. The summed E-state index contributed by atoms with van der Waals surface area (Å²) in [4.78, 5) is 13.1. The molecule has 0 radical (unpaired) electrons. The predicted octanol–water partition coefficient (Wildman–Crippen LogP) is 1.79. The summed E-state index contributed by atoms with van der Waals surface area (Å²) in [6.07, 6.45) is 0.870. The maximum Gasteiger partial charge on any atom is 0.334 e. The van der Waals surface area contributed by atoms with Crippen molar-refractivity contribution in [1.29, 1.82) is 0 Å². The maximum atomic E-state index is 11.1. The number of hydrogen-bond donors (Lipinski definition) is 0. The molecule has 0 aliphatic heterocycles. The lowest BCUT2D eigenvalue weighted by Gasteiger charge is -2.23. The number of hydrogen-bond acceptors (Lipinski definition) is 3. The molecule has 1 atom stereocenters. The van der Waals surface area contributed by atoms with Gasteiger partial charge in [0.25, 0.3) is 0 Å². The molecule has 0 aromatic carbocycles. The molecule has 0 aliphatic rings. The Balaban J connectivity index is 3.91. The zero-order valence-corrected chi connectivity index (χ0v) is 8.96. The average molecular weight is 185 g/mol. The van der Waals surface area contributed by atoms with Crippen LogP contribution < -0.4 is 0 Å². The lowest BCUT2D eigenvalue weighted by Crippen LogP contribution is -2.34. The van der Waals surface area contributed by atoms with E-state index in [1.807, 2.05) is 18.9 Å². The normalized spacial score (nSPS) is 12.7. The summed E-state index contributed by atoms with van der Waals surface area (Å²) >= 11 is 0. The Morgan fingerprint density at radius 1 is 1.62 bits per heavy atom. The van der Waals surface area contributed by atoms with Crippen molar-refractivity contribution in [3.05, 3.63) is 12.2 Å². The third-order valence-electron chi connectivity index (χ3n) is 1.82. The molecule has 0 aliphatic carbocycles. The van der Waals surface area contributed by atoms with Crippen LogP contribution in [0.3, 0.4) is 0 Å². The van der Waals surface area contributed by atoms with Crippen molar-refractivity contribution in [2.24, 2.45) is 0 Å². The van der Waals surface area contributed by atoms with E-state index in [0.717, 1.165) is 13.0 Å². The smallest absolute Gasteiger partial charge is 0.334 e. The quantitative estimate of drug-likeness (QED) is 0.371. The van der Waals surface area contributed by atoms with Gasteiger partial charge in [0, 0.05) is 12.1 Å². The minimum atomic E-state index is -0.324. The molecule has 0 N–H and O–H groups in total. The highest BCUT2D eigenvalue weighted by Gasteiger charge is 2.13. The van der Waals surface area contributed by atoms with E-state index in [0.29, 0.717) is 5.57 Å². The second-order valence-electron chi connectivity index (χ2n) is 3.27. The zero-order valence-electron chi connectivity index (χ0n) is 8.96. The first kappa shape index (κ1) is 12.2. The Kier molecular flexibility index (Phi) is 5.39. The van der Waals surface area contributed by atoms with Crippen LogP contribution in [-0.2, 0) is 9.53 Å². The molecule has 0 heterocycles. The molecule has 3 nitrogen and oxygen atoms in total. The highest BCUT2D eigenvalue weighted by molar-refractivity contribution is 5.87. The van der Waals surface area contributed by atoms with Crippen molar-refractivity contribution in [1.82, 2.24) is 4.90 Å². The van der Waals surface area contributed by atoms with Crippen LogP contribution in [0.15, 0.2) is 12.2 Å². The fourth-order valence-corrected chi connectivity index (χ4v) is 0.880. The Labute approximate surface area is 80.4 Å². The van der Waals surface area contributed by atoms with Gasteiger partial charge in [0.15, 0.2) is 6.23 Å². The molecule has 0 amide bonds. The van der Waals surface area contributed by atoms with E-state index in [4.69, 9.17) is 4.74 Å². The van der Waals surface area contributed by atoms with Crippen molar-refractivity contribution in [3.8, 4) is 0 Å². The van der Waals surface area contributed by atoms with Gasteiger partial charge in [-0.1, -0.05) is 13.5 Å². The molecule has 0 saturated carbocycles. The number of carbonyl (C=O) groups excluding carboxylic acids is 1. The van der Waals surface area contributed by atoms with E-state index < -0.39 is 0 Å². The second-order valence-corrected chi connectivity index (χ2v) is 3.27. The Morgan fingerprint density at radius 2 is 2.15 bits per heavy atom. The summed E-state index contributed by atoms with van der Waals surface area (Å²) in [5.41, 5.74) is 0.441. The molecule has 76 valence electrons. The van der Waals surface area contributed by atoms with Crippen LogP contribution in [-0.4, -0.2) is 30.7 Å². The van der Waals surface area contributed by atoms with Crippen molar-refractivity contribution in [2.45, 2.75) is 33.4 Å². The monoisotopic (exact) mass is 185 g/mol. The van der Waals surface area contributed by atoms with E-state index in [1.165, 1.54) is 0 Å². The Morgan fingerprint density at radius 3 is 2.54 bits per heavy atom. The number of carbonyl (C=O) groups is 1. The van der Waals surface area contributed by atoms with Gasteiger partial charge < -0.3 is 4.74 Å². The van der Waals surface area contributed by atoms with Crippen LogP contribution in [0.1, 0.15) is 27.2 Å². The SMILES string of the molecule is C=C(C)C(=O)OC(C)N(C)CCC. The highest BCUT2D eigenvalue weighted by Crippen LogP contribution is 2.02. The van der Waals surface area contributed by atoms with Gasteiger partial charge in [0.05, 0.1) is 0 Å². The third-order valence-corrected chi connectivity index (χ3v) is 1.82. The van der Waals surface area contributed by atoms with Gasteiger partial charge in [0.2, 0.25) is 0 Å². The number of nitrogens with zero attached hydrogens (tertiary/aromatic N) is 1. The summed E-state index contributed by atoms with van der Waals surface area (Å²) in [6.45, 7) is 10.0. The molecule has 0 bridgehead atoms. The molecule has 13 heavy (non-hydrogen) atoms. The molecule has 0 spiro atoms. The van der Waals surface area contributed by atoms with Crippen LogP contribution in [0.25, 0.3) is 0 Å². The fourth-order valence-electron chi connectivity index (χ4n) is 0.880. The van der Waals surface area contributed by atoms with Crippen LogP contribution in [0.4, 0.5) is 0 Å². The second kappa shape index (κ2) is 5.75. The molecular weight excluding hydrogens is 166 g/mol. The highest BCUT2D eigenvalue weighted by atomic mass is 16.6. The van der Waals surface area contributed by atoms with Crippen LogP contribution >= 0.6 is 0 Å². The lowest BCUT2D eigenvalue weighted by molar-refractivity contribution is -0.151. The summed E-state index contributed by atoms with van der Waals surface area (Å²) < 4.78 is 5.11. The van der Waals surface area contributed by atoms with Gasteiger partial charge >= 0.3 is 5.97 Å². The third kappa shape index (κ3) is 4.68. The van der Waals surface area contributed by atoms with Crippen LogP contribution in [0, 0.1) is 0 Å². The fraction of sp³-hybridized carbons (Fsp3) is 0.700. The van der Waals surface area contributed by atoms with E-state index in [-0.39, 0.29) is 12.2 Å². The van der Waals surface area contributed by atoms with E-state index in [1.54, 1.807) is 6.92 Å². The minimum absolute atomic E-state index is 0.177. The summed E-state index contributed by atoms with van der Waals surface area (Å²) in [6, 6.07) is 0. The largest absolute Gasteiger partial charge is 0.443 e. The average Bonchev–Trinajstić information content (AvgIpc) is 2.04. The van der Waals surface area contributed by atoms with Crippen LogP contribution in [0.2, 0.25) is 0 Å². The summed E-state index contributed by atoms with van der Waals surface area (Å²) in [5.74, 6) is -0.324. The van der Waals surface area contributed by atoms with E-state index in [9.17, 15) is 4.79 Å². The van der Waals surface area contributed by atoms with Crippen LogP contribution in [0.5, 0.6) is 0 Å². The lowest BCUT2D eigenvalue weighted by atomic mass is 10.3. The first-order valence-corrected chi connectivity index (χ1v) is 4.55. The zero-order chi connectivity index (χ0) is 10.4. The maximum absolute atomic E-state index is 11.1. The molecule has 0 aromatic rings. The molecule has 0 fully saturated rings. The topological polar surface area (TPSA) is 29.5 Å². The molecule has 0 aromatic heterocycles. The molecular formula is C10H19NO2. The number of rotatable bonds is 5. The first-order chi connectivity index (χ1) is 5.99. The number of esters is 1. The Hall–Kier alpha value is -0.830. The van der Waals surface area contributed by atoms with E-state index in [2.05, 4.69) is 13.5 Å². The predicted molar refractivity (Wildman–Crippen MR) is 53.3 cm³/mol. The summed E-state index contributed by atoms with van der Waals surface area (Å²) in [5, 5.41) is 0. The standard InChI is InChI=1S/C10H19NO2/c1-6-7-11(5)9(4)13-10(12)8(2)3/h9H,2,6-7H2,1,3-5H3.